The Morgan fingerprint density at radius 3 is 2.54 bits per heavy atom. The highest BCUT2D eigenvalue weighted by atomic mass is 16.5. The Kier molecular flexibility index (Phi) is 9.07. The Balaban J connectivity index is 1.63. The van der Waals surface area contributed by atoms with E-state index in [1.54, 1.807) is 7.11 Å². The van der Waals surface area contributed by atoms with Crippen LogP contribution in [0.3, 0.4) is 0 Å². The second kappa shape index (κ2) is 11.5. The highest BCUT2D eigenvalue weighted by molar-refractivity contribution is 5.79. The first kappa shape index (κ1) is 22.0. The molecule has 1 fully saturated rings. The molecular formula is C21H35N5O2. The molecule has 0 spiro atoms. The van der Waals surface area contributed by atoms with Gasteiger partial charge in [0, 0.05) is 33.1 Å². The predicted molar refractivity (Wildman–Crippen MR) is 113 cm³/mol. The Bertz CT molecular complexity index is 624. The first-order valence-corrected chi connectivity index (χ1v) is 10.1. The van der Waals surface area contributed by atoms with Gasteiger partial charge < -0.3 is 25.6 Å². The van der Waals surface area contributed by atoms with E-state index < -0.39 is 0 Å². The fraction of sp³-hybridized carbons (Fsp3) is 0.619. The lowest BCUT2D eigenvalue weighted by Gasteiger charge is -2.30. The van der Waals surface area contributed by atoms with E-state index in [2.05, 4.69) is 32.2 Å². The number of hydrogen-bond donors (Lipinski definition) is 2. The molecule has 0 bridgehead atoms. The zero-order valence-corrected chi connectivity index (χ0v) is 17.5. The second-order valence-electron chi connectivity index (χ2n) is 7.40. The number of likely N-dealkylation sites (tertiary alicyclic amines) is 1. The van der Waals surface area contributed by atoms with E-state index in [-0.39, 0.29) is 11.8 Å². The summed E-state index contributed by atoms with van der Waals surface area (Å²) >= 11 is 0. The molecule has 1 aromatic carbocycles. The number of methoxy groups -OCH3 is 1. The Hall–Kier alpha value is -2.28. The van der Waals surface area contributed by atoms with E-state index in [0.29, 0.717) is 0 Å². The van der Waals surface area contributed by atoms with Gasteiger partial charge in [-0.1, -0.05) is 12.1 Å². The largest absolute Gasteiger partial charge is 0.497 e. The average molecular weight is 390 g/mol. The molecule has 1 heterocycles. The van der Waals surface area contributed by atoms with Crippen LogP contribution in [0.4, 0.5) is 0 Å². The molecular weight excluding hydrogens is 354 g/mol. The number of benzene rings is 1. The van der Waals surface area contributed by atoms with E-state index in [0.717, 1.165) is 70.1 Å². The molecule has 1 aliphatic heterocycles. The van der Waals surface area contributed by atoms with Crippen LogP contribution in [0.15, 0.2) is 29.3 Å². The molecule has 1 aliphatic rings. The van der Waals surface area contributed by atoms with Crippen LogP contribution in [0, 0.1) is 5.92 Å². The molecule has 1 saturated heterocycles. The SMILES string of the molecule is CN=C(NCCCCN1CCC(C(N)=O)CC1)N(C)Cc1ccc(OC)cc1. The summed E-state index contributed by atoms with van der Waals surface area (Å²) in [6, 6.07) is 8.10. The van der Waals surface area contributed by atoms with Crippen molar-refractivity contribution in [3.8, 4) is 5.75 Å². The maximum Gasteiger partial charge on any atom is 0.220 e. The topological polar surface area (TPSA) is 83.2 Å². The molecule has 0 atom stereocenters. The summed E-state index contributed by atoms with van der Waals surface area (Å²) in [5, 5.41) is 3.44. The van der Waals surface area contributed by atoms with Crippen LogP contribution < -0.4 is 15.8 Å². The quantitative estimate of drug-likeness (QED) is 0.381. The van der Waals surface area contributed by atoms with Gasteiger partial charge in [-0.3, -0.25) is 9.79 Å². The molecule has 7 nitrogen and oxygen atoms in total. The minimum absolute atomic E-state index is 0.0717. The Morgan fingerprint density at radius 1 is 1.29 bits per heavy atom. The second-order valence-corrected chi connectivity index (χ2v) is 7.40. The minimum Gasteiger partial charge on any atom is -0.497 e. The van der Waals surface area contributed by atoms with E-state index in [1.807, 2.05) is 26.2 Å². The van der Waals surface area contributed by atoms with Gasteiger partial charge in [-0.25, -0.2) is 0 Å². The molecule has 0 unspecified atom stereocenters. The molecule has 2 rings (SSSR count). The molecule has 0 aromatic heterocycles. The third-order valence-electron chi connectivity index (χ3n) is 5.33. The fourth-order valence-electron chi connectivity index (χ4n) is 3.57. The van der Waals surface area contributed by atoms with E-state index >= 15 is 0 Å². The summed E-state index contributed by atoms with van der Waals surface area (Å²) in [5.41, 5.74) is 6.61. The van der Waals surface area contributed by atoms with Crippen LogP contribution in [0.5, 0.6) is 5.75 Å². The van der Waals surface area contributed by atoms with Gasteiger partial charge in [0.1, 0.15) is 5.75 Å². The number of piperidine rings is 1. The lowest BCUT2D eigenvalue weighted by Crippen LogP contribution is -2.40. The minimum atomic E-state index is -0.144. The van der Waals surface area contributed by atoms with Crippen LogP contribution in [-0.4, -0.2) is 69.1 Å². The van der Waals surface area contributed by atoms with Crippen molar-refractivity contribution in [2.75, 3.05) is 47.4 Å². The third-order valence-corrected chi connectivity index (χ3v) is 5.33. The zero-order chi connectivity index (χ0) is 20.4. The van der Waals surface area contributed by atoms with Crippen LogP contribution >= 0.6 is 0 Å². The first-order valence-electron chi connectivity index (χ1n) is 10.1. The van der Waals surface area contributed by atoms with Gasteiger partial charge in [-0.15, -0.1) is 0 Å². The monoisotopic (exact) mass is 389 g/mol. The first-order chi connectivity index (χ1) is 13.5. The van der Waals surface area contributed by atoms with Gasteiger partial charge in [0.2, 0.25) is 5.91 Å². The maximum atomic E-state index is 11.2. The number of nitrogens with zero attached hydrogens (tertiary/aromatic N) is 3. The van der Waals surface area contributed by atoms with Crippen LogP contribution in [0.25, 0.3) is 0 Å². The maximum absolute atomic E-state index is 11.2. The fourth-order valence-corrected chi connectivity index (χ4v) is 3.57. The van der Waals surface area contributed by atoms with E-state index in [4.69, 9.17) is 10.5 Å². The molecule has 3 N–H and O–H groups in total. The average Bonchev–Trinajstić information content (AvgIpc) is 2.71. The smallest absolute Gasteiger partial charge is 0.220 e. The number of nitrogens with two attached hydrogens (primary N) is 1. The predicted octanol–water partition coefficient (Wildman–Crippen LogP) is 1.68. The molecule has 1 aromatic rings. The van der Waals surface area contributed by atoms with Crippen molar-refractivity contribution in [2.45, 2.75) is 32.2 Å². The van der Waals surface area contributed by atoms with Crippen molar-refractivity contribution >= 4 is 11.9 Å². The number of guanidine groups is 1. The highest BCUT2D eigenvalue weighted by Gasteiger charge is 2.22. The van der Waals surface area contributed by atoms with Crippen LogP contribution in [0.2, 0.25) is 0 Å². The summed E-state index contributed by atoms with van der Waals surface area (Å²) in [6.07, 6.45) is 4.02. The third kappa shape index (κ3) is 7.03. The molecule has 28 heavy (non-hydrogen) atoms. The van der Waals surface area contributed by atoms with E-state index in [9.17, 15) is 4.79 Å². The lowest BCUT2D eigenvalue weighted by atomic mass is 9.96. The number of unbranched alkanes of at least 4 members (excludes halogenated alkanes) is 1. The summed E-state index contributed by atoms with van der Waals surface area (Å²) < 4.78 is 5.20. The van der Waals surface area contributed by atoms with Crippen molar-refractivity contribution in [1.29, 1.82) is 0 Å². The Morgan fingerprint density at radius 2 is 1.96 bits per heavy atom. The summed E-state index contributed by atoms with van der Waals surface area (Å²) in [5.74, 6) is 1.70. The van der Waals surface area contributed by atoms with Crippen molar-refractivity contribution < 1.29 is 9.53 Å². The number of primary amides is 1. The molecule has 156 valence electrons. The van der Waals surface area contributed by atoms with Crippen molar-refractivity contribution in [1.82, 2.24) is 15.1 Å². The number of hydrogen-bond acceptors (Lipinski definition) is 4. The summed E-state index contributed by atoms with van der Waals surface area (Å²) in [4.78, 5) is 20.2. The van der Waals surface area contributed by atoms with Gasteiger partial charge >= 0.3 is 0 Å². The highest BCUT2D eigenvalue weighted by Crippen LogP contribution is 2.17. The molecule has 0 aliphatic carbocycles. The van der Waals surface area contributed by atoms with Crippen LogP contribution in [-0.2, 0) is 11.3 Å². The molecule has 0 saturated carbocycles. The summed E-state index contributed by atoms with van der Waals surface area (Å²) in [7, 11) is 5.54. The number of carbonyl (C=O) groups excluding carboxylic acids is 1. The van der Waals surface area contributed by atoms with Gasteiger partial charge in [0.15, 0.2) is 5.96 Å². The Labute approximate surface area is 168 Å². The number of rotatable bonds is 9. The number of aliphatic imine (C=N–C) groups is 1. The zero-order valence-electron chi connectivity index (χ0n) is 17.5. The molecule has 7 heteroatoms. The molecule has 1 amide bonds. The number of carbonyl (C=O) groups is 1. The van der Waals surface area contributed by atoms with Crippen LogP contribution in [0.1, 0.15) is 31.2 Å². The van der Waals surface area contributed by atoms with Gasteiger partial charge in [0.25, 0.3) is 0 Å². The number of ether oxygens (including phenoxy) is 1. The molecule has 0 radical (unpaired) electrons. The van der Waals surface area contributed by atoms with Gasteiger partial charge in [0.05, 0.1) is 7.11 Å². The van der Waals surface area contributed by atoms with Gasteiger partial charge in [-0.2, -0.15) is 0 Å². The summed E-state index contributed by atoms with van der Waals surface area (Å²) in [6.45, 7) is 4.73. The lowest BCUT2D eigenvalue weighted by molar-refractivity contribution is -0.123. The van der Waals surface area contributed by atoms with Crippen molar-refractivity contribution in [3.63, 3.8) is 0 Å². The van der Waals surface area contributed by atoms with E-state index in [1.165, 1.54) is 5.56 Å². The number of amides is 1. The normalized spacial score (nSPS) is 16.0. The number of nitrogens with one attached hydrogen (secondary N) is 1. The standard InChI is InChI=1S/C21H35N5O2/c1-23-21(25(2)16-17-6-8-19(28-3)9-7-17)24-12-4-5-13-26-14-10-18(11-15-26)20(22)27/h6-9,18H,4-5,10-16H2,1-3H3,(H2,22,27)(H,23,24). The van der Waals surface area contributed by atoms with Crippen molar-refractivity contribution in [2.24, 2.45) is 16.6 Å². The van der Waals surface area contributed by atoms with Gasteiger partial charge in [-0.05, 0) is 63.0 Å². The van der Waals surface area contributed by atoms with Crippen molar-refractivity contribution in [3.05, 3.63) is 29.8 Å².